The molecular formula is C14H16ClF3N2. The first-order valence-corrected chi connectivity index (χ1v) is 7.03. The van der Waals surface area contributed by atoms with Crippen LogP contribution in [-0.2, 0) is 12.4 Å². The molecule has 20 heavy (non-hydrogen) atoms. The van der Waals surface area contributed by atoms with Crippen LogP contribution < -0.4 is 0 Å². The summed E-state index contributed by atoms with van der Waals surface area (Å²) in [6.07, 6.45) is -4.24. The summed E-state index contributed by atoms with van der Waals surface area (Å²) in [6, 6.07) is 5.81. The summed E-state index contributed by atoms with van der Waals surface area (Å²) in [5.74, 6) is 0.968. The molecule has 0 N–H and O–H groups in total. The maximum atomic E-state index is 12.1. The van der Waals surface area contributed by atoms with E-state index < -0.39 is 12.6 Å². The van der Waals surface area contributed by atoms with E-state index >= 15 is 0 Å². The van der Waals surface area contributed by atoms with Crippen LogP contribution in [0, 0.1) is 6.92 Å². The van der Waals surface area contributed by atoms with Crippen LogP contribution in [0.5, 0.6) is 0 Å². The van der Waals surface area contributed by atoms with Gasteiger partial charge in [-0.1, -0.05) is 12.1 Å². The van der Waals surface area contributed by atoms with Crippen LogP contribution in [0.1, 0.15) is 30.7 Å². The zero-order valence-corrected chi connectivity index (χ0v) is 11.9. The number of para-hydroxylation sites is 1. The zero-order chi connectivity index (χ0) is 14.8. The van der Waals surface area contributed by atoms with Crippen molar-refractivity contribution in [3.05, 3.63) is 29.6 Å². The quantitative estimate of drug-likeness (QED) is 0.572. The number of hydrogen-bond donors (Lipinski definition) is 0. The summed E-state index contributed by atoms with van der Waals surface area (Å²) in [5, 5.41) is 0. The van der Waals surface area contributed by atoms with E-state index in [-0.39, 0.29) is 12.3 Å². The first-order chi connectivity index (χ1) is 9.42. The van der Waals surface area contributed by atoms with Crippen LogP contribution in [0.15, 0.2) is 18.2 Å². The Balaban J connectivity index is 2.14. The van der Waals surface area contributed by atoms with E-state index in [0.717, 1.165) is 16.6 Å². The molecular weight excluding hydrogens is 289 g/mol. The standard InChI is InChI=1S/C14H16ClF3N2/c1-10-5-4-6-11-13(10)19-12(9-15)20(11)8-3-2-7-14(16,17)18/h4-6H,2-3,7-9H2,1H3. The third-order valence-corrected chi connectivity index (χ3v) is 3.51. The Bertz CT molecular complexity index is 590. The summed E-state index contributed by atoms with van der Waals surface area (Å²) in [7, 11) is 0. The van der Waals surface area contributed by atoms with Gasteiger partial charge in [-0.05, 0) is 31.4 Å². The van der Waals surface area contributed by atoms with E-state index in [0.29, 0.717) is 18.8 Å². The predicted octanol–water partition coefficient (Wildman–Crippen LogP) is 4.82. The Morgan fingerprint density at radius 2 is 2.00 bits per heavy atom. The molecule has 0 bridgehead atoms. The Morgan fingerprint density at radius 3 is 2.65 bits per heavy atom. The van der Waals surface area contributed by atoms with Crippen LogP contribution in [0.3, 0.4) is 0 Å². The highest BCUT2D eigenvalue weighted by Crippen LogP contribution is 2.24. The summed E-state index contributed by atoms with van der Waals surface area (Å²) >= 11 is 5.88. The van der Waals surface area contributed by atoms with E-state index in [9.17, 15) is 13.2 Å². The number of hydrogen-bond acceptors (Lipinski definition) is 1. The van der Waals surface area contributed by atoms with Gasteiger partial charge in [0.1, 0.15) is 5.82 Å². The van der Waals surface area contributed by atoms with Crippen LogP contribution in [0.4, 0.5) is 13.2 Å². The molecule has 0 aliphatic carbocycles. The zero-order valence-electron chi connectivity index (χ0n) is 11.2. The topological polar surface area (TPSA) is 17.8 Å². The van der Waals surface area contributed by atoms with Gasteiger partial charge in [0, 0.05) is 13.0 Å². The van der Waals surface area contributed by atoms with Crippen molar-refractivity contribution in [3.63, 3.8) is 0 Å². The minimum Gasteiger partial charge on any atom is -0.327 e. The monoisotopic (exact) mass is 304 g/mol. The smallest absolute Gasteiger partial charge is 0.327 e. The Morgan fingerprint density at radius 1 is 1.25 bits per heavy atom. The van der Waals surface area contributed by atoms with Crippen LogP contribution in [0.25, 0.3) is 11.0 Å². The average Bonchev–Trinajstić information content (AvgIpc) is 2.73. The summed E-state index contributed by atoms with van der Waals surface area (Å²) in [5.41, 5.74) is 2.86. The highest BCUT2D eigenvalue weighted by atomic mass is 35.5. The highest BCUT2D eigenvalue weighted by Gasteiger charge is 2.25. The van der Waals surface area contributed by atoms with Crippen LogP contribution in [0.2, 0.25) is 0 Å². The summed E-state index contributed by atoms with van der Waals surface area (Å²) in [4.78, 5) is 4.47. The first kappa shape index (κ1) is 15.2. The van der Waals surface area contributed by atoms with Gasteiger partial charge in [-0.2, -0.15) is 13.2 Å². The van der Waals surface area contributed by atoms with Gasteiger partial charge >= 0.3 is 6.18 Å². The molecule has 0 fully saturated rings. The van der Waals surface area contributed by atoms with Gasteiger partial charge in [0.25, 0.3) is 0 Å². The maximum Gasteiger partial charge on any atom is 0.389 e. The second-order valence-electron chi connectivity index (χ2n) is 4.83. The third kappa shape index (κ3) is 3.45. The fourth-order valence-electron chi connectivity index (χ4n) is 2.28. The minimum atomic E-state index is -4.08. The molecule has 110 valence electrons. The number of rotatable bonds is 5. The molecule has 0 spiro atoms. The molecule has 2 nitrogen and oxygen atoms in total. The number of imidazole rings is 1. The van der Waals surface area contributed by atoms with E-state index in [1.165, 1.54) is 0 Å². The minimum absolute atomic E-state index is 0.122. The van der Waals surface area contributed by atoms with E-state index in [4.69, 9.17) is 11.6 Å². The molecule has 0 atom stereocenters. The number of aryl methyl sites for hydroxylation is 2. The number of halogens is 4. The molecule has 0 saturated carbocycles. The fraction of sp³-hybridized carbons (Fsp3) is 0.500. The molecule has 1 aromatic carbocycles. The lowest BCUT2D eigenvalue weighted by Crippen LogP contribution is -2.08. The molecule has 0 saturated heterocycles. The molecule has 1 heterocycles. The fourth-order valence-corrected chi connectivity index (χ4v) is 2.49. The van der Waals surface area contributed by atoms with Crippen molar-refractivity contribution >= 4 is 22.6 Å². The lowest BCUT2D eigenvalue weighted by atomic mass is 10.2. The van der Waals surface area contributed by atoms with Crippen molar-refractivity contribution in [2.45, 2.75) is 44.8 Å². The van der Waals surface area contributed by atoms with Gasteiger partial charge in [-0.3, -0.25) is 0 Å². The Kier molecular flexibility index (Phi) is 4.58. The first-order valence-electron chi connectivity index (χ1n) is 6.50. The van der Waals surface area contributed by atoms with Crippen molar-refractivity contribution in [1.29, 1.82) is 0 Å². The molecule has 6 heteroatoms. The third-order valence-electron chi connectivity index (χ3n) is 3.27. The Hall–Kier alpha value is -1.23. The lowest BCUT2D eigenvalue weighted by Gasteiger charge is -2.09. The largest absolute Gasteiger partial charge is 0.389 e. The number of unbranched alkanes of at least 4 members (excludes halogenated alkanes) is 1. The predicted molar refractivity (Wildman–Crippen MR) is 73.9 cm³/mol. The molecule has 2 rings (SSSR count). The van der Waals surface area contributed by atoms with Gasteiger partial charge in [-0.15, -0.1) is 11.6 Å². The second kappa shape index (κ2) is 6.04. The normalized spacial score (nSPS) is 12.2. The van der Waals surface area contributed by atoms with Gasteiger partial charge in [0.15, 0.2) is 0 Å². The van der Waals surface area contributed by atoms with Crippen LogP contribution in [-0.4, -0.2) is 15.7 Å². The van der Waals surface area contributed by atoms with Crippen LogP contribution >= 0.6 is 11.6 Å². The van der Waals surface area contributed by atoms with Crippen molar-refractivity contribution < 1.29 is 13.2 Å². The molecule has 0 radical (unpaired) electrons. The van der Waals surface area contributed by atoms with Crippen molar-refractivity contribution in [2.75, 3.05) is 0 Å². The van der Waals surface area contributed by atoms with E-state index in [1.54, 1.807) is 0 Å². The molecule has 0 aliphatic rings. The van der Waals surface area contributed by atoms with E-state index in [1.807, 2.05) is 29.7 Å². The van der Waals surface area contributed by atoms with Crippen molar-refractivity contribution in [1.82, 2.24) is 9.55 Å². The number of fused-ring (bicyclic) bond motifs is 1. The van der Waals surface area contributed by atoms with Gasteiger partial charge in [-0.25, -0.2) is 4.98 Å². The maximum absolute atomic E-state index is 12.1. The number of alkyl halides is 4. The van der Waals surface area contributed by atoms with E-state index in [2.05, 4.69) is 4.98 Å². The van der Waals surface area contributed by atoms with Gasteiger partial charge in [0.2, 0.25) is 0 Å². The van der Waals surface area contributed by atoms with Crippen molar-refractivity contribution in [2.24, 2.45) is 0 Å². The summed E-state index contributed by atoms with van der Waals surface area (Å²) in [6.45, 7) is 2.47. The number of aromatic nitrogens is 2. The molecule has 0 unspecified atom stereocenters. The molecule has 1 aromatic heterocycles. The SMILES string of the molecule is Cc1cccc2c1nc(CCl)n2CCCCC(F)(F)F. The van der Waals surface area contributed by atoms with Crippen molar-refractivity contribution in [3.8, 4) is 0 Å². The Labute approximate surface area is 120 Å². The number of benzene rings is 1. The highest BCUT2D eigenvalue weighted by molar-refractivity contribution is 6.16. The number of nitrogens with zero attached hydrogens (tertiary/aromatic N) is 2. The summed E-state index contributed by atoms with van der Waals surface area (Å²) < 4.78 is 38.3. The lowest BCUT2D eigenvalue weighted by molar-refractivity contribution is -0.135. The molecule has 0 aliphatic heterocycles. The van der Waals surface area contributed by atoms with Gasteiger partial charge < -0.3 is 4.57 Å². The molecule has 0 amide bonds. The second-order valence-corrected chi connectivity index (χ2v) is 5.10. The molecule has 2 aromatic rings. The van der Waals surface area contributed by atoms with Gasteiger partial charge in [0.05, 0.1) is 16.9 Å². The average molecular weight is 305 g/mol.